The second-order valence-corrected chi connectivity index (χ2v) is 7.74. The Labute approximate surface area is 138 Å². The molecule has 1 unspecified atom stereocenters. The van der Waals surface area contributed by atoms with E-state index in [2.05, 4.69) is 13.2 Å². The fourth-order valence-electron chi connectivity index (χ4n) is 2.96. The van der Waals surface area contributed by atoms with E-state index in [9.17, 15) is 8.78 Å². The van der Waals surface area contributed by atoms with E-state index in [1.807, 2.05) is 34.6 Å². The molecule has 0 nitrogen and oxygen atoms in total. The van der Waals surface area contributed by atoms with Crippen LogP contribution in [0.2, 0.25) is 0 Å². The van der Waals surface area contributed by atoms with Gasteiger partial charge in [0.15, 0.2) is 11.6 Å². The second kappa shape index (κ2) is 6.94. The largest absolute Gasteiger partial charge is 0.206 e. The maximum atomic E-state index is 15.1. The molecule has 0 radical (unpaired) electrons. The molecular weight excluding hydrogens is 297 g/mol. The van der Waals surface area contributed by atoms with Gasteiger partial charge >= 0.3 is 0 Å². The highest BCUT2D eigenvalue weighted by atomic mass is 19.2. The number of allylic oxidation sites excluding steroid dienone is 1. The normalized spacial score (nSPS) is 13.3. The maximum Gasteiger partial charge on any atom is 0.167 e. The topological polar surface area (TPSA) is 0 Å². The molecule has 0 N–H and O–H groups in total. The summed E-state index contributed by atoms with van der Waals surface area (Å²) in [6, 6.07) is 0. The molecule has 0 fully saturated rings. The molecule has 0 aliphatic rings. The van der Waals surface area contributed by atoms with Gasteiger partial charge in [0.05, 0.1) is 0 Å². The predicted octanol–water partition coefficient (Wildman–Crippen LogP) is 6.96. The van der Waals surface area contributed by atoms with E-state index in [1.54, 1.807) is 6.92 Å². The molecule has 1 atom stereocenters. The summed E-state index contributed by atoms with van der Waals surface area (Å²) in [6.07, 6.45) is 1.70. The predicted molar refractivity (Wildman–Crippen MR) is 92.8 cm³/mol. The highest BCUT2D eigenvalue weighted by Gasteiger charge is 2.32. The third kappa shape index (κ3) is 4.07. The Morgan fingerprint density at radius 3 is 1.96 bits per heavy atom. The van der Waals surface area contributed by atoms with Crippen molar-refractivity contribution in [2.75, 3.05) is 0 Å². The van der Waals surface area contributed by atoms with E-state index in [0.717, 1.165) is 6.08 Å². The summed E-state index contributed by atoms with van der Waals surface area (Å²) >= 11 is 0. The lowest BCUT2D eigenvalue weighted by Gasteiger charge is -2.30. The van der Waals surface area contributed by atoms with Crippen molar-refractivity contribution in [2.45, 2.75) is 53.9 Å². The molecule has 0 bridgehead atoms. The van der Waals surface area contributed by atoms with Crippen LogP contribution >= 0.6 is 0 Å². The summed E-state index contributed by atoms with van der Waals surface area (Å²) in [5.41, 5.74) is -0.0834. The Morgan fingerprint density at radius 1 is 1.09 bits per heavy atom. The van der Waals surface area contributed by atoms with Crippen LogP contribution in [-0.2, 0) is 0 Å². The number of hydrogen-bond donors (Lipinski definition) is 0. The van der Waals surface area contributed by atoms with Gasteiger partial charge in [0, 0.05) is 16.7 Å². The molecule has 1 aromatic rings. The lowest BCUT2D eigenvalue weighted by molar-refractivity contribution is 0.288. The molecule has 0 aromatic heterocycles. The lowest BCUT2D eigenvalue weighted by atomic mass is 9.75. The smallest absolute Gasteiger partial charge is 0.167 e. The minimum Gasteiger partial charge on any atom is -0.206 e. The second-order valence-electron chi connectivity index (χ2n) is 7.74. The summed E-state index contributed by atoms with van der Waals surface area (Å²) in [5.74, 6) is -3.31. The van der Waals surface area contributed by atoms with Crippen LogP contribution < -0.4 is 0 Å². The van der Waals surface area contributed by atoms with Gasteiger partial charge in [0.2, 0.25) is 0 Å². The Morgan fingerprint density at radius 2 is 1.61 bits per heavy atom. The number of rotatable bonds is 5. The van der Waals surface area contributed by atoms with Gasteiger partial charge in [-0.25, -0.2) is 13.2 Å². The highest BCUT2D eigenvalue weighted by Crippen LogP contribution is 2.42. The molecule has 0 saturated heterocycles. The van der Waals surface area contributed by atoms with Crippen molar-refractivity contribution < 1.29 is 13.2 Å². The minimum atomic E-state index is -1.11. The molecule has 23 heavy (non-hydrogen) atoms. The Kier molecular flexibility index (Phi) is 5.89. The van der Waals surface area contributed by atoms with Crippen LogP contribution in [0.1, 0.15) is 70.6 Å². The molecule has 0 heterocycles. The third-order valence-corrected chi connectivity index (χ3v) is 4.03. The average molecular weight is 324 g/mol. The van der Waals surface area contributed by atoms with Gasteiger partial charge in [0.1, 0.15) is 5.82 Å². The molecule has 0 saturated carbocycles. The van der Waals surface area contributed by atoms with Gasteiger partial charge < -0.3 is 0 Å². The molecule has 128 valence electrons. The van der Waals surface area contributed by atoms with Gasteiger partial charge in [-0.05, 0) is 36.2 Å². The summed E-state index contributed by atoms with van der Waals surface area (Å²) < 4.78 is 44.2. The van der Waals surface area contributed by atoms with E-state index in [4.69, 9.17) is 0 Å². The molecule has 1 rings (SSSR count). The van der Waals surface area contributed by atoms with Crippen molar-refractivity contribution >= 4 is 11.6 Å². The van der Waals surface area contributed by atoms with Crippen LogP contribution in [-0.4, -0.2) is 0 Å². The minimum absolute atomic E-state index is 0.0217. The lowest BCUT2D eigenvalue weighted by Crippen LogP contribution is -2.20. The van der Waals surface area contributed by atoms with Crippen molar-refractivity contribution in [2.24, 2.45) is 11.3 Å². The Hall–Kier alpha value is -1.51. The van der Waals surface area contributed by atoms with Gasteiger partial charge in [-0.1, -0.05) is 53.9 Å². The fourth-order valence-corrected chi connectivity index (χ4v) is 2.96. The number of benzene rings is 1. The first-order valence-corrected chi connectivity index (χ1v) is 7.91. The molecule has 0 spiro atoms. The van der Waals surface area contributed by atoms with E-state index in [0.29, 0.717) is 12.0 Å². The molecule has 0 aliphatic carbocycles. The number of halogens is 3. The highest BCUT2D eigenvalue weighted by molar-refractivity contribution is 5.73. The summed E-state index contributed by atoms with van der Waals surface area (Å²) in [5, 5.41) is 0. The van der Waals surface area contributed by atoms with E-state index >= 15 is 4.39 Å². The summed E-state index contributed by atoms with van der Waals surface area (Å²) in [6.45, 7) is 18.6. The standard InChI is InChI=1S/C20H27F3/c1-9-13-15(12(4)5)18(22)16(19(23)17(13)21)14(11(2)3)10-20(6,7)8/h9,11,14H,1,4,10H2,2-3,5-8H3. The molecular formula is C20H27F3. The summed E-state index contributed by atoms with van der Waals surface area (Å²) in [4.78, 5) is 0. The SMILES string of the molecule is C=Cc1c(F)c(F)c(C(CC(C)(C)C)C(C)C)c(F)c1C(=C)C. The first-order chi connectivity index (χ1) is 10.4. The monoisotopic (exact) mass is 324 g/mol. The van der Waals surface area contributed by atoms with Crippen molar-refractivity contribution in [1.29, 1.82) is 0 Å². The maximum absolute atomic E-state index is 15.1. The van der Waals surface area contributed by atoms with Crippen molar-refractivity contribution in [3.63, 3.8) is 0 Å². The Balaban J connectivity index is 3.75. The van der Waals surface area contributed by atoms with Crippen LogP contribution in [0.15, 0.2) is 13.2 Å². The van der Waals surface area contributed by atoms with Crippen molar-refractivity contribution in [1.82, 2.24) is 0 Å². The van der Waals surface area contributed by atoms with Crippen molar-refractivity contribution in [3.8, 4) is 0 Å². The fraction of sp³-hybridized carbons (Fsp3) is 0.500. The molecule has 0 amide bonds. The average Bonchev–Trinajstić information content (AvgIpc) is 2.39. The zero-order chi connectivity index (χ0) is 18.1. The first-order valence-electron chi connectivity index (χ1n) is 7.91. The number of hydrogen-bond acceptors (Lipinski definition) is 0. The van der Waals surface area contributed by atoms with Gasteiger partial charge in [0.25, 0.3) is 0 Å². The molecule has 0 aliphatic heterocycles. The molecule has 3 heteroatoms. The van der Waals surface area contributed by atoms with Crippen LogP contribution in [0.5, 0.6) is 0 Å². The third-order valence-electron chi connectivity index (χ3n) is 4.03. The van der Waals surface area contributed by atoms with Crippen LogP contribution in [0, 0.1) is 28.8 Å². The quantitative estimate of drug-likeness (QED) is 0.514. The van der Waals surface area contributed by atoms with Crippen LogP contribution in [0.3, 0.4) is 0 Å². The van der Waals surface area contributed by atoms with Gasteiger partial charge in [-0.3, -0.25) is 0 Å². The van der Waals surface area contributed by atoms with Crippen molar-refractivity contribution in [3.05, 3.63) is 47.3 Å². The van der Waals surface area contributed by atoms with Crippen LogP contribution in [0.25, 0.3) is 11.6 Å². The van der Waals surface area contributed by atoms with E-state index in [1.165, 1.54) is 0 Å². The Bertz CT molecular complexity index is 619. The van der Waals surface area contributed by atoms with E-state index < -0.39 is 23.4 Å². The summed E-state index contributed by atoms with van der Waals surface area (Å²) in [7, 11) is 0. The zero-order valence-electron chi connectivity index (χ0n) is 15.0. The van der Waals surface area contributed by atoms with Crippen LogP contribution in [0.4, 0.5) is 13.2 Å². The van der Waals surface area contributed by atoms with Gasteiger partial charge in [-0.2, -0.15) is 0 Å². The van der Waals surface area contributed by atoms with E-state index in [-0.39, 0.29) is 28.0 Å². The zero-order valence-corrected chi connectivity index (χ0v) is 15.0. The van der Waals surface area contributed by atoms with Gasteiger partial charge in [-0.15, -0.1) is 0 Å². The molecule has 1 aromatic carbocycles. The first kappa shape index (κ1) is 19.5.